The first kappa shape index (κ1) is 18.5. The van der Waals surface area contributed by atoms with Crippen molar-refractivity contribution in [1.82, 2.24) is 10.3 Å². The van der Waals surface area contributed by atoms with Crippen LogP contribution in [0.25, 0.3) is 0 Å². The molecule has 1 fully saturated rings. The van der Waals surface area contributed by atoms with Crippen molar-refractivity contribution in [1.29, 1.82) is 0 Å². The van der Waals surface area contributed by atoms with Gasteiger partial charge >= 0.3 is 6.18 Å². The topological polar surface area (TPSA) is 51.2 Å². The molecule has 2 unspecified atom stereocenters. The third kappa shape index (κ3) is 4.66. The van der Waals surface area contributed by atoms with Crippen LogP contribution in [0.2, 0.25) is 5.02 Å². The van der Waals surface area contributed by atoms with Crippen LogP contribution in [-0.4, -0.2) is 23.7 Å². The van der Waals surface area contributed by atoms with Crippen molar-refractivity contribution in [2.75, 3.05) is 6.61 Å². The maximum Gasteiger partial charge on any atom is 0.422 e. The number of hydrogen-bond acceptors (Lipinski definition) is 3. The molecule has 0 spiro atoms. The molecule has 1 aromatic carbocycles. The first-order valence-corrected chi connectivity index (χ1v) is 8.38. The molecule has 26 heavy (non-hydrogen) atoms. The normalized spacial score (nSPS) is 19.1. The van der Waals surface area contributed by atoms with Crippen LogP contribution in [0.1, 0.15) is 23.5 Å². The van der Waals surface area contributed by atoms with Gasteiger partial charge in [0, 0.05) is 29.2 Å². The van der Waals surface area contributed by atoms with Gasteiger partial charge in [-0.2, -0.15) is 13.2 Å². The Morgan fingerprint density at radius 1 is 1.27 bits per heavy atom. The van der Waals surface area contributed by atoms with E-state index >= 15 is 0 Å². The molecule has 8 heteroatoms. The molecule has 0 aliphatic heterocycles. The summed E-state index contributed by atoms with van der Waals surface area (Å²) >= 11 is 6.15. The summed E-state index contributed by atoms with van der Waals surface area (Å²) < 4.78 is 41.6. The van der Waals surface area contributed by atoms with Gasteiger partial charge in [-0.1, -0.05) is 35.9 Å². The van der Waals surface area contributed by atoms with Gasteiger partial charge in [0.25, 0.3) is 0 Å². The molecule has 1 aliphatic rings. The monoisotopic (exact) mass is 384 g/mol. The van der Waals surface area contributed by atoms with Crippen molar-refractivity contribution in [3.63, 3.8) is 0 Å². The Labute approximate surface area is 153 Å². The number of benzene rings is 1. The molecule has 1 aliphatic carbocycles. The van der Waals surface area contributed by atoms with Gasteiger partial charge in [-0.05, 0) is 30.0 Å². The van der Waals surface area contributed by atoms with Crippen LogP contribution >= 0.6 is 11.6 Å². The third-order valence-electron chi connectivity index (χ3n) is 4.11. The van der Waals surface area contributed by atoms with Gasteiger partial charge < -0.3 is 10.1 Å². The minimum atomic E-state index is -4.45. The first-order chi connectivity index (χ1) is 12.3. The summed E-state index contributed by atoms with van der Waals surface area (Å²) in [5, 5.41) is 3.36. The lowest BCUT2D eigenvalue weighted by Gasteiger charge is -2.12. The molecule has 1 aromatic heterocycles. The molecule has 0 radical (unpaired) electrons. The number of pyridine rings is 1. The Hall–Kier alpha value is -2.28. The van der Waals surface area contributed by atoms with Crippen molar-refractivity contribution in [3.05, 3.63) is 58.7 Å². The van der Waals surface area contributed by atoms with E-state index in [1.165, 1.54) is 6.20 Å². The SMILES string of the molecule is O=C(NCc1cccnc1OCC(F)(F)F)C1CC1c1ccccc1Cl. The lowest BCUT2D eigenvalue weighted by atomic mass is 10.1. The minimum Gasteiger partial charge on any atom is -0.468 e. The number of alkyl halides is 3. The zero-order valence-corrected chi connectivity index (χ0v) is 14.3. The van der Waals surface area contributed by atoms with Gasteiger partial charge in [0.15, 0.2) is 6.61 Å². The Bertz CT molecular complexity index is 798. The lowest BCUT2D eigenvalue weighted by Crippen LogP contribution is -2.26. The molecular formula is C18H16ClF3N2O2. The Morgan fingerprint density at radius 3 is 2.77 bits per heavy atom. The summed E-state index contributed by atoms with van der Waals surface area (Å²) in [6.07, 6.45) is -2.42. The fourth-order valence-corrected chi connectivity index (χ4v) is 3.03. The molecular weight excluding hydrogens is 369 g/mol. The molecule has 2 aromatic rings. The fourth-order valence-electron chi connectivity index (χ4n) is 2.76. The van der Waals surface area contributed by atoms with Crippen LogP contribution in [0.4, 0.5) is 13.2 Å². The fraction of sp³-hybridized carbons (Fsp3) is 0.333. The number of nitrogens with zero attached hydrogens (tertiary/aromatic N) is 1. The van der Waals surface area contributed by atoms with Crippen molar-refractivity contribution in [2.45, 2.75) is 25.1 Å². The van der Waals surface area contributed by atoms with Crippen molar-refractivity contribution in [2.24, 2.45) is 5.92 Å². The quantitative estimate of drug-likeness (QED) is 0.816. The standard InChI is InChI=1S/C18H16ClF3N2O2/c19-15-6-2-1-5-12(15)13-8-14(13)16(25)24-9-11-4-3-7-23-17(11)26-10-18(20,21)22/h1-7,13-14H,8-10H2,(H,24,25). The van der Waals surface area contributed by atoms with E-state index in [-0.39, 0.29) is 30.2 Å². The molecule has 2 atom stereocenters. The average molecular weight is 385 g/mol. The third-order valence-corrected chi connectivity index (χ3v) is 4.45. The van der Waals surface area contributed by atoms with E-state index in [1.807, 2.05) is 18.2 Å². The van der Waals surface area contributed by atoms with Crippen LogP contribution in [0.3, 0.4) is 0 Å². The van der Waals surface area contributed by atoms with Gasteiger partial charge in [0.2, 0.25) is 11.8 Å². The summed E-state index contributed by atoms with van der Waals surface area (Å²) in [5.74, 6) is -0.422. The Morgan fingerprint density at radius 2 is 2.04 bits per heavy atom. The largest absolute Gasteiger partial charge is 0.468 e. The second-order valence-electron chi connectivity index (χ2n) is 6.06. The molecule has 1 saturated carbocycles. The zero-order chi connectivity index (χ0) is 18.7. The highest BCUT2D eigenvalue weighted by Gasteiger charge is 2.44. The average Bonchev–Trinajstić information content (AvgIpc) is 3.39. The number of halogens is 4. The smallest absolute Gasteiger partial charge is 0.422 e. The number of carbonyl (C=O) groups is 1. The van der Waals surface area contributed by atoms with E-state index in [4.69, 9.17) is 16.3 Å². The maximum absolute atomic E-state index is 12.3. The molecule has 4 nitrogen and oxygen atoms in total. The summed E-state index contributed by atoms with van der Waals surface area (Å²) in [6, 6.07) is 10.5. The second kappa shape index (κ2) is 7.53. The Balaban J connectivity index is 1.57. The van der Waals surface area contributed by atoms with Gasteiger partial charge in [-0.25, -0.2) is 4.98 Å². The summed E-state index contributed by atoms with van der Waals surface area (Å²) in [4.78, 5) is 16.1. The van der Waals surface area contributed by atoms with Crippen molar-refractivity contribution >= 4 is 17.5 Å². The van der Waals surface area contributed by atoms with E-state index < -0.39 is 12.8 Å². The van der Waals surface area contributed by atoms with E-state index in [9.17, 15) is 18.0 Å². The number of nitrogens with one attached hydrogen (secondary N) is 1. The van der Waals surface area contributed by atoms with Crippen LogP contribution in [0.15, 0.2) is 42.6 Å². The van der Waals surface area contributed by atoms with Crippen molar-refractivity contribution < 1.29 is 22.7 Å². The number of aromatic nitrogens is 1. The van der Waals surface area contributed by atoms with Gasteiger partial charge in [0.05, 0.1) is 0 Å². The molecule has 138 valence electrons. The number of rotatable bonds is 6. The van der Waals surface area contributed by atoms with Gasteiger partial charge in [-0.15, -0.1) is 0 Å². The minimum absolute atomic E-state index is 0.0472. The number of ether oxygens (including phenoxy) is 1. The van der Waals surface area contributed by atoms with E-state index in [0.717, 1.165) is 5.56 Å². The van der Waals surface area contributed by atoms with E-state index in [2.05, 4.69) is 10.3 Å². The van der Waals surface area contributed by atoms with Crippen LogP contribution < -0.4 is 10.1 Å². The second-order valence-corrected chi connectivity index (χ2v) is 6.47. The summed E-state index contributed by atoms with van der Waals surface area (Å²) in [6.45, 7) is -1.38. The Kier molecular flexibility index (Phi) is 5.36. The highest BCUT2D eigenvalue weighted by Crippen LogP contribution is 2.49. The molecule has 1 N–H and O–H groups in total. The highest BCUT2D eigenvalue weighted by molar-refractivity contribution is 6.31. The van der Waals surface area contributed by atoms with Crippen LogP contribution in [-0.2, 0) is 11.3 Å². The van der Waals surface area contributed by atoms with E-state index in [1.54, 1.807) is 18.2 Å². The van der Waals surface area contributed by atoms with Gasteiger partial charge in [-0.3, -0.25) is 4.79 Å². The first-order valence-electron chi connectivity index (χ1n) is 8.01. The molecule has 1 amide bonds. The molecule has 1 heterocycles. The van der Waals surface area contributed by atoms with Crippen LogP contribution in [0, 0.1) is 5.92 Å². The zero-order valence-electron chi connectivity index (χ0n) is 13.6. The predicted molar refractivity (Wildman–Crippen MR) is 89.9 cm³/mol. The van der Waals surface area contributed by atoms with Gasteiger partial charge in [0.1, 0.15) is 0 Å². The lowest BCUT2D eigenvalue weighted by molar-refractivity contribution is -0.154. The summed E-state index contributed by atoms with van der Waals surface area (Å²) in [7, 11) is 0. The van der Waals surface area contributed by atoms with Crippen molar-refractivity contribution in [3.8, 4) is 5.88 Å². The number of hydrogen-bond donors (Lipinski definition) is 1. The predicted octanol–water partition coefficient (Wildman–Crippen LogP) is 4.10. The molecule has 0 saturated heterocycles. The molecule has 3 rings (SSSR count). The highest BCUT2D eigenvalue weighted by atomic mass is 35.5. The summed E-state index contributed by atoms with van der Waals surface area (Å²) in [5.41, 5.74) is 1.32. The number of carbonyl (C=O) groups excluding carboxylic acids is 1. The maximum atomic E-state index is 12.3. The molecule has 0 bridgehead atoms. The van der Waals surface area contributed by atoms with E-state index in [0.29, 0.717) is 17.0 Å². The van der Waals surface area contributed by atoms with Crippen LogP contribution in [0.5, 0.6) is 5.88 Å². The number of amides is 1.